The fraction of sp³-hybridized carbons (Fsp3) is 0.600. The van der Waals surface area contributed by atoms with Gasteiger partial charge in [0.1, 0.15) is 0 Å². The number of aliphatic hydroxyl groups excluding tert-OH is 1. The van der Waals surface area contributed by atoms with Gasteiger partial charge in [0.15, 0.2) is 11.6 Å². The Kier molecular flexibility index (Phi) is 4.70. The van der Waals surface area contributed by atoms with E-state index < -0.39 is 5.82 Å². The summed E-state index contributed by atoms with van der Waals surface area (Å²) >= 11 is 0. The predicted octanol–water partition coefficient (Wildman–Crippen LogP) is 2.77. The molecule has 4 nitrogen and oxygen atoms in total. The molecule has 5 heteroatoms. The summed E-state index contributed by atoms with van der Waals surface area (Å²) < 4.78 is 18.9. The second-order valence-electron chi connectivity index (χ2n) is 5.52. The number of aliphatic hydroxyl groups is 1. The van der Waals surface area contributed by atoms with Crippen molar-refractivity contribution in [3.05, 3.63) is 17.9 Å². The molecule has 20 heavy (non-hydrogen) atoms. The molecule has 112 valence electrons. The molecule has 0 saturated heterocycles. The minimum atomic E-state index is -0.451. The fourth-order valence-corrected chi connectivity index (χ4v) is 2.79. The molecular formula is C15H23FN2O2. The Hall–Kier alpha value is -1.49. The normalized spacial score (nSPS) is 17.1. The van der Waals surface area contributed by atoms with E-state index in [1.54, 1.807) is 6.07 Å². The number of benzene rings is 1. The standard InChI is InChI=1S/C15H23FN2O2/c1-2-20-14-8-13(12(17)7-11(14)16)18-9-15(10-19)5-3-4-6-15/h7-8,18-19H,2-6,9-10,17H2,1H3. The number of hydrogen-bond acceptors (Lipinski definition) is 4. The van der Waals surface area contributed by atoms with Crippen molar-refractivity contribution in [1.82, 2.24) is 0 Å². The van der Waals surface area contributed by atoms with Crippen LogP contribution in [0.2, 0.25) is 0 Å². The Morgan fingerprint density at radius 2 is 2.10 bits per heavy atom. The summed E-state index contributed by atoms with van der Waals surface area (Å²) in [6.07, 6.45) is 4.31. The van der Waals surface area contributed by atoms with Crippen LogP contribution in [0.25, 0.3) is 0 Å². The highest BCUT2D eigenvalue weighted by Gasteiger charge is 2.33. The molecule has 0 heterocycles. The van der Waals surface area contributed by atoms with Crippen molar-refractivity contribution in [3.63, 3.8) is 0 Å². The monoisotopic (exact) mass is 282 g/mol. The summed E-state index contributed by atoms with van der Waals surface area (Å²) in [5.74, 6) is -0.249. The molecule has 1 aliphatic carbocycles. The van der Waals surface area contributed by atoms with Gasteiger partial charge in [-0.15, -0.1) is 0 Å². The Morgan fingerprint density at radius 3 is 2.70 bits per heavy atom. The van der Waals surface area contributed by atoms with Crippen molar-refractivity contribution in [3.8, 4) is 5.75 Å². The third kappa shape index (κ3) is 3.15. The number of ether oxygens (including phenoxy) is 1. The van der Waals surface area contributed by atoms with E-state index >= 15 is 0 Å². The first kappa shape index (κ1) is 14.9. The zero-order valence-corrected chi connectivity index (χ0v) is 11.9. The first-order chi connectivity index (χ1) is 9.60. The van der Waals surface area contributed by atoms with E-state index in [1.807, 2.05) is 6.92 Å². The number of nitrogen functional groups attached to an aromatic ring is 1. The molecule has 0 aromatic heterocycles. The molecule has 1 saturated carbocycles. The summed E-state index contributed by atoms with van der Waals surface area (Å²) in [6.45, 7) is 3.02. The van der Waals surface area contributed by atoms with Crippen LogP contribution >= 0.6 is 0 Å². The number of nitrogens with two attached hydrogens (primary N) is 1. The van der Waals surface area contributed by atoms with Gasteiger partial charge in [0, 0.05) is 24.1 Å². The molecule has 0 atom stereocenters. The summed E-state index contributed by atoms with van der Waals surface area (Å²) in [5, 5.41) is 12.8. The maximum absolute atomic E-state index is 13.6. The largest absolute Gasteiger partial charge is 0.491 e. The first-order valence-electron chi connectivity index (χ1n) is 7.17. The highest BCUT2D eigenvalue weighted by Crippen LogP contribution is 2.38. The van der Waals surface area contributed by atoms with Gasteiger partial charge in [-0.2, -0.15) is 0 Å². The molecular weight excluding hydrogens is 259 g/mol. The van der Waals surface area contributed by atoms with Crippen molar-refractivity contribution in [2.24, 2.45) is 5.41 Å². The maximum Gasteiger partial charge on any atom is 0.167 e. The van der Waals surface area contributed by atoms with Crippen molar-refractivity contribution in [2.45, 2.75) is 32.6 Å². The fourth-order valence-electron chi connectivity index (χ4n) is 2.79. The van der Waals surface area contributed by atoms with Crippen molar-refractivity contribution in [1.29, 1.82) is 0 Å². The number of halogens is 1. The van der Waals surface area contributed by atoms with Crippen molar-refractivity contribution >= 4 is 11.4 Å². The van der Waals surface area contributed by atoms with E-state index in [-0.39, 0.29) is 17.8 Å². The van der Waals surface area contributed by atoms with E-state index in [0.717, 1.165) is 25.7 Å². The molecule has 1 fully saturated rings. The number of hydrogen-bond donors (Lipinski definition) is 3. The Morgan fingerprint density at radius 1 is 1.40 bits per heavy atom. The van der Waals surface area contributed by atoms with Crippen LogP contribution in [0.4, 0.5) is 15.8 Å². The van der Waals surface area contributed by atoms with Gasteiger partial charge in [0.05, 0.1) is 24.6 Å². The Labute approximate surface area is 119 Å². The lowest BCUT2D eigenvalue weighted by atomic mass is 9.87. The van der Waals surface area contributed by atoms with Gasteiger partial charge in [-0.05, 0) is 19.8 Å². The van der Waals surface area contributed by atoms with E-state index in [2.05, 4.69) is 5.32 Å². The Balaban J connectivity index is 2.10. The van der Waals surface area contributed by atoms with Gasteiger partial charge in [0.25, 0.3) is 0 Å². The zero-order valence-electron chi connectivity index (χ0n) is 11.9. The Bertz CT molecular complexity index is 459. The first-order valence-corrected chi connectivity index (χ1v) is 7.17. The molecule has 0 spiro atoms. The summed E-state index contributed by atoms with van der Waals surface area (Å²) in [6, 6.07) is 2.86. The lowest BCUT2D eigenvalue weighted by molar-refractivity contribution is 0.142. The number of rotatable bonds is 6. The quantitative estimate of drug-likeness (QED) is 0.702. The molecule has 0 radical (unpaired) electrons. The molecule has 0 amide bonds. The van der Waals surface area contributed by atoms with E-state index in [0.29, 0.717) is 24.5 Å². The second kappa shape index (κ2) is 6.31. The SMILES string of the molecule is CCOc1cc(NCC2(CO)CCCC2)c(N)cc1F. The van der Waals surface area contributed by atoms with Crippen molar-refractivity contribution in [2.75, 3.05) is 30.8 Å². The highest BCUT2D eigenvalue weighted by molar-refractivity contribution is 5.68. The van der Waals surface area contributed by atoms with Gasteiger partial charge in [-0.25, -0.2) is 4.39 Å². The van der Waals surface area contributed by atoms with Crippen LogP contribution in [0.15, 0.2) is 12.1 Å². The minimum absolute atomic E-state index is 0.0768. The average molecular weight is 282 g/mol. The van der Waals surface area contributed by atoms with Gasteiger partial charge in [-0.1, -0.05) is 12.8 Å². The van der Waals surface area contributed by atoms with Crippen LogP contribution in [0.3, 0.4) is 0 Å². The number of nitrogens with one attached hydrogen (secondary N) is 1. The van der Waals surface area contributed by atoms with Gasteiger partial charge in [0.2, 0.25) is 0 Å². The third-order valence-electron chi connectivity index (χ3n) is 4.06. The smallest absolute Gasteiger partial charge is 0.167 e. The topological polar surface area (TPSA) is 67.5 Å². The minimum Gasteiger partial charge on any atom is -0.491 e. The van der Waals surface area contributed by atoms with Crippen molar-refractivity contribution < 1.29 is 14.2 Å². The summed E-state index contributed by atoms with van der Waals surface area (Å²) in [7, 11) is 0. The lowest BCUT2D eigenvalue weighted by Crippen LogP contribution is -2.30. The van der Waals surface area contributed by atoms with Gasteiger partial charge >= 0.3 is 0 Å². The lowest BCUT2D eigenvalue weighted by Gasteiger charge is -2.27. The molecule has 2 rings (SSSR count). The molecule has 1 aromatic carbocycles. The molecule has 0 unspecified atom stereocenters. The van der Waals surface area contributed by atoms with Crippen LogP contribution in [-0.2, 0) is 0 Å². The number of anilines is 2. The highest BCUT2D eigenvalue weighted by atomic mass is 19.1. The van der Waals surface area contributed by atoms with E-state index in [4.69, 9.17) is 10.5 Å². The predicted molar refractivity (Wildman–Crippen MR) is 78.5 cm³/mol. The van der Waals surface area contributed by atoms with E-state index in [1.165, 1.54) is 6.07 Å². The van der Waals surface area contributed by atoms with E-state index in [9.17, 15) is 9.50 Å². The maximum atomic E-state index is 13.6. The zero-order chi connectivity index (χ0) is 14.6. The second-order valence-corrected chi connectivity index (χ2v) is 5.52. The third-order valence-corrected chi connectivity index (χ3v) is 4.06. The van der Waals surface area contributed by atoms with Crippen LogP contribution in [0.1, 0.15) is 32.6 Å². The summed E-state index contributed by atoms with van der Waals surface area (Å²) in [4.78, 5) is 0. The van der Waals surface area contributed by atoms with Crippen LogP contribution in [0.5, 0.6) is 5.75 Å². The van der Waals surface area contributed by atoms with Gasteiger partial charge in [-0.3, -0.25) is 0 Å². The molecule has 0 bridgehead atoms. The summed E-state index contributed by atoms with van der Waals surface area (Å²) in [5.41, 5.74) is 6.78. The molecule has 4 N–H and O–H groups in total. The molecule has 0 aliphatic heterocycles. The van der Waals surface area contributed by atoms with Gasteiger partial charge < -0.3 is 20.9 Å². The average Bonchev–Trinajstić information content (AvgIpc) is 2.90. The van der Waals surface area contributed by atoms with Crippen LogP contribution in [-0.4, -0.2) is 24.9 Å². The molecule has 1 aliphatic rings. The van der Waals surface area contributed by atoms with Crippen LogP contribution in [0, 0.1) is 11.2 Å². The molecule has 1 aromatic rings. The van der Waals surface area contributed by atoms with Crippen LogP contribution < -0.4 is 15.8 Å².